The predicted octanol–water partition coefficient (Wildman–Crippen LogP) is 1.46. The lowest BCUT2D eigenvalue weighted by Gasteiger charge is -2.05. The van der Waals surface area contributed by atoms with Gasteiger partial charge in [0.1, 0.15) is 5.01 Å². The highest BCUT2D eigenvalue weighted by molar-refractivity contribution is 7.09. The van der Waals surface area contributed by atoms with Gasteiger partial charge in [-0.05, 0) is 19.1 Å². The minimum Gasteiger partial charge on any atom is -0.349 e. The van der Waals surface area contributed by atoms with Crippen molar-refractivity contribution in [1.82, 2.24) is 15.6 Å². The van der Waals surface area contributed by atoms with Crippen molar-refractivity contribution in [2.75, 3.05) is 0 Å². The van der Waals surface area contributed by atoms with E-state index >= 15 is 0 Å². The van der Waals surface area contributed by atoms with Crippen molar-refractivity contribution in [3.8, 4) is 0 Å². The van der Waals surface area contributed by atoms with E-state index in [0.717, 1.165) is 10.7 Å². The number of aromatic nitrogens is 1. The Kier molecular flexibility index (Phi) is 7.67. The summed E-state index contributed by atoms with van der Waals surface area (Å²) in [4.78, 5) is 27.6. The molecule has 0 saturated carbocycles. The van der Waals surface area contributed by atoms with Gasteiger partial charge in [-0.15, -0.1) is 23.7 Å². The molecule has 0 radical (unpaired) electrons. The molecule has 23 heavy (non-hydrogen) atoms. The summed E-state index contributed by atoms with van der Waals surface area (Å²) >= 11 is 1.44. The molecule has 0 saturated heterocycles. The number of halogens is 1. The van der Waals surface area contributed by atoms with Gasteiger partial charge in [0.05, 0.1) is 24.8 Å². The molecule has 124 valence electrons. The van der Waals surface area contributed by atoms with Crippen LogP contribution in [0.1, 0.15) is 28.0 Å². The number of hydrogen-bond donors (Lipinski definition) is 3. The molecule has 0 aliphatic heterocycles. The number of nitrogens with two attached hydrogens (primary N) is 1. The van der Waals surface area contributed by atoms with E-state index in [1.165, 1.54) is 11.3 Å². The first-order valence-corrected chi connectivity index (χ1v) is 7.74. The third kappa shape index (κ3) is 5.97. The van der Waals surface area contributed by atoms with Crippen LogP contribution in [0, 0.1) is 0 Å². The van der Waals surface area contributed by atoms with E-state index in [4.69, 9.17) is 5.73 Å². The molecule has 0 aliphatic carbocycles. The van der Waals surface area contributed by atoms with Crippen LogP contribution in [0.4, 0.5) is 0 Å². The van der Waals surface area contributed by atoms with E-state index in [2.05, 4.69) is 15.6 Å². The summed E-state index contributed by atoms with van der Waals surface area (Å²) in [5, 5.41) is 8.15. The Morgan fingerprint density at radius 3 is 2.57 bits per heavy atom. The van der Waals surface area contributed by atoms with Crippen LogP contribution < -0.4 is 16.4 Å². The molecule has 2 aromatic rings. The molecule has 2 rings (SSSR count). The monoisotopic (exact) mass is 354 g/mol. The summed E-state index contributed by atoms with van der Waals surface area (Å²) in [6.45, 7) is 2.32. The van der Waals surface area contributed by atoms with Crippen molar-refractivity contribution < 1.29 is 9.59 Å². The van der Waals surface area contributed by atoms with Crippen LogP contribution in [0.3, 0.4) is 0 Å². The van der Waals surface area contributed by atoms with Gasteiger partial charge in [0.25, 0.3) is 5.91 Å². The fraction of sp³-hybridized carbons (Fsp3) is 0.267. The zero-order chi connectivity index (χ0) is 15.9. The molecule has 1 heterocycles. The Labute approximate surface area is 144 Å². The van der Waals surface area contributed by atoms with Gasteiger partial charge in [0, 0.05) is 10.9 Å². The Hall–Kier alpha value is -1.96. The van der Waals surface area contributed by atoms with Crippen LogP contribution in [0.5, 0.6) is 0 Å². The van der Waals surface area contributed by atoms with Gasteiger partial charge in [-0.2, -0.15) is 0 Å². The molecule has 0 fully saturated rings. The number of thiazole rings is 1. The smallest absolute Gasteiger partial charge is 0.251 e. The topological polar surface area (TPSA) is 97.1 Å². The Morgan fingerprint density at radius 1 is 1.22 bits per heavy atom. The minimum atomic E-state index is -0.539. The fourth-order valence-corrected chi connectivity index (χ4v) is 2.43. The number of carbonyl (C=O) groups is 2. The maximum Gasteiger partial charge on any atom is 0.251 e. The van der Waals surface area contributed by atoms with Crippen LogP contribution >= 0.6 is 23.7 Å². The number of nitrogens with zero attached hydrogens (tertiary/aromatic N) is 1. The van der Waals surface area contributed by atoms with Crippen LogP contribution in [-0.2, 0) is 17.9 Å². The second-order valence-corrected chi connectivity index (χ2v) is 5.73. The van der Waals surface area contributed by atoms with E-state index in [1.54, 1.807) is 19.1 Å². The van der Waals surface area contributed by atoms with E-state index in [-0.39, 0.29) is 24.2 Å². The van der Waals surface area contributed by atoms with Crippen molar-refractivity contribution in [2.45, 2.75) is 26.1 Å². The highest BCUT2D eigenvalue weighted by Gasteiger charge is 2.09. The third-order valence-corrected chi connectivity index (χ3v) is 3.79. The molecule has 6 nitrogen and oxygen atoms in total. The lowest BCUT2D eigenvalue weighted by molar-refractivity contribution is -0.122. The molecule has 2 amide bonds. The zero-order valence-corrected chi connectivity index (χ0v) is 14.2. The number of rotatable bonds is 6. The van der Waals surface area contributed by atoms with Crippen molar-refractivity contribution in [1.29, 1.82) is 0 Å². The summed E-state index contributed by atoms with van der Waals surface area (Å²) in [7, 11) is 0. The average molecular weight is 355 g/mol. The molecule has 0 bridgehead atoms. The summed E-state index contributed by atoms with van der Waals surface area (Å²) in [5.74, 6) is -0.352. The summed E-state index contributed by atoms with van der Waals surface area (Å²) in [6.07, 6.45) is 0. The van der Waals surface area contributed by atoms with Crippen molar-refractivity contribution in [3.05, 3.63) is 52.0 Å². The maximum absolute atomic E-state index is 11.9. The summed E-state index contributed by atoms with van der Waals surface area (Å²) in [5.41, 5.74) is 6.83. The van der Waals surface area contributed by atoms with Gasteiger partial charge in [0.15, 0.2) is 0 Å². The average Bonchev–Trinajstić information content (AvgIpc) is 2.99. The number of benzene rings is 1. The Bertz CT molecular complexity index is 646. The van der Waals surface area contributed by atoms with Gasteiger partial charge >= 0.3 is 0 Å². The number of carbonyl (C=O) groups excluding carboxylic acids is 2. The number of hydrogen-bond acceptors (Lipinski definition) is 5. The lowest BCUT2D eigenvalue weighted by atomic mass is 10.2. The van der Waals surface area contributed by atoms with Crippen LogP contribution in [0.25, 0.3) is 0 Å². The van der Waals surface area contributed by atoms with Gasteiger partial charge < -0.3 is 16.4 Å². The lowest BCUT2D eigenvalue weighted by Crippen LogP contribution is -2.37. The first kappa shape index (κ1) is 19.1. The quantitative estimate of drug-likeness (QED) is 0.731. The molecule has 1 atom stereocenters. The second kappa shape index (κ2) is 9.24. The van der Waals surface area contributed by atoms with E-state index < -0.39 is 6.04 Å². The van der Waals surface area contributed by atoms with Gasteiger partial charge in [0.2, 0.25) is 5.91 Å². The Balaban J connectivity index is 0.00000264. The molecule has 0 unspecified atom stereocenters. The standard InChI is InChI=1S/C15H18N4O2S.ClH/c1-10(16)14(20)17-7-12-9-22-13(19-12)8-18-15(21)11-5-3-2-4-6-11;/h2-6,9-10H,7-8,16H2,1H3,(H,17,20)(H,18,21);1H/t10-;/m1./s1. The normalized spacial score (nSPS) is 11.2. The minimum absolute atomic E-state index is 0. The molecule has 0 spiro atoms. The first-order valence-electron chi connectivity index (χ1n) is 6.86. The zero-order valence-electron chi connectivity index (χ0n) is 12.6. The van der Waals surface area contributed by atoms with Crippen LogP contribution in [0.15, 0.2) is 35.7 Å². The van der Waals surface area contributed by atoms with Crippen LogP contribution in [0.2, 0.25) is 0 Å². The first-order chi connectivity index (χ1) is 10.6. The van der Waals surface area contributed by atoms with Crippen molar-refractivity contribution >= 4 is 35.6 Å². The van der Waals surface area contributed by atoms with Gasteiger partial charge in [-0.25, -0.2) is 4.98 Å². The molecular formula is C15H19ClN4O2S. The largest absolute Gasteiger partial charge is 0.349 e. The van der Waals surface area contributed by atoms with E-state index in [9.17, 15) is 9.59 Å². The van der Waals surface area contributed by atoms with Gasteiger partial charge in [-0.1, -0.05) is 18.2 Å². The molecule has 8 heteroatoms. The molecule has 1 aromatic carbocycles. The van der Waals surface area contributed by atoms with Crippen molar-refractivity contribution in [2.24, 2.45) is 5.73 Å². The highest BCUT2D eigenvalue weighted by atomic mass is 35.5. The summed E-state index contributed by atoms with van der Waals surface area (Å²) < 4.78 is 0. The highest BCUT2D eigenvalue weighted by Crippen LogP contribution is 2.10. The van der Waals surface area contributed by atoms with E-state index in [0.29, 0.717) is 18.7 Å². The molecule has 1 aromatic heterocycles. The predicted molar refractivity (Wildman–Crippen MR) is 92.5 cm³/mol. The SMILES string of the molecule is C[C@@H](N)C(=O)NCc1csc(CNC(=O)c2ccccc2)n1.Cl. The second-order valence-electron chi connectivity index (χ2n) is 4.79. The third-order valence-electron chi connectivity index (χ3n) is 2.89. The molecule has 0 aliphatic rings. The fourth-order valence-electron chi connectivity index (χ4n) is 1.70. The number of amides is 2. The number of nitrogens with one attached hydrogen (secondary N) is 2. The Morgan fingerprint density at radius 2 is 1.91 bits per heavy atom. The summed E-state index contributed by atoms with van der Waals surface area (Å²) in [6, 6.07) is 8.47. The van der Waals surface area contributed by atoms with Gasteiger partial charge in [-0.3, -0.25) is 9.59 Å². The van der Waals surface area contributed by atoms with E-state index in [1.807, 2.05) is 23.6 Å². The van der Waals surface area contributed by atoms with Crippen LogP contribution in [-0.4, -0.2) is 22.8 Å². The molecular weight excluding hydrogens is 336 g/mol. The van der Waals surface area contributed by atoms with Crippen molar-refractivity contribution in [3.63, 3.8) is 0 Å². The maximum atomic E-state index is 11.9. The molecule has 4 N–H and O–H groups in total.